The van der Waals surface area contributed by atoms with Crippen molar-refractivity contribution in [2.75, 3.05) is 0 Å². The van der Waals surface area contributed by atoms with Crippen LogP contribution in [0.1, 0.15) is 11.1 Å². The maximum atomic E-state index is 9.17. The van der Waals surface area contributed by atoms with Gasteiger partial charge in [-0.15, -0.1) is 0 Å². The summed E-state index contributed by atoms with van der Waals surface area (Å²) >= 11 is 0. The molecule has 1 aromatic rings. The zero-order valence-corrected chi connectivity index (χ0v) is 8.13. The summed E-state index contributed by atoms with van der Waals surface area (Å²) in [6.07, 6.45) is 2.36. The fourth-order valence-electron chi connectivity index (χ4n) is 1.85. The minimum Gasteiger partial charge on any atom is -0.476 e. The molecule has 1 aliphatic carbocycles. The summed E-state index contributed by atoms with van der Waals surface area (Å²) in [5, 5.41) is 17.4. The van der Waals surface area contributed by atoms with E-state index in [4.69, 9.17) is 10.1 Å². The smallest absolute Gasteiger partial charge is 0.429 e. The normalized spacial score (nSPS) is 15.8. The highest BCUT2D eigenvalue weighted by molar-refractivity contribution is 5.32. The van der Waals surface area contributed by atoms with E-state index in [1.807, 2.05) is 12.1 Å². The van der Waals surface area contributed by atoms with Crippen LogP contribution in [0.3, 0.4) is 0 Å². The second kappa shape index (κ2) is 4.01. The van der Waals surface area contributed by atoms with Crippen molar-refractivity contribution in [3.8, 4) is 0 Å². The maximum Gasteiger partial charge on any atom is 0.429 e. The van der Waals surface area contributed by atoms with Crippen LogP contribution in [0.5, 0.6) is 0 Å². The molecule has 2 rings (SSSR count). The van der Waals surface area contributed by atoms with Gasteiger partial charge in [0.25, 0.3) is 0 Å². The number of aliphatic hydroxyl groups is 1. The van der Waals surface area contributed by atoms with Crippen LogP contribution in [0.15, 0.2) is 36.4 Å². The molecule has 4 heteroatoms. The largest absolute Gasteiger partial charge is 0.476 e. The minimum atomic E-state index is -0.352. The molecule has 0 atom stereocenters. The highest BCUT2D eigenvalue weighted by Crippen LogP contribution is 2.24. The highest BCUT2D eigenvalue weighted by Gasteiger charge is 2.23. The van der Waals surface area contributed by atoms with Crippen molar-refractivity contribution in [1.29, 1.82) is 5.39 Å². The molecule has 0 aliphatic heterocycles. The number of rotatable bonds is 2. The van der Waals surface area contributed by atoms with E-state index >= 15 is 0 Å². The van der Waals surface area contributed by atoms with Crippen LogP contribution in [-0.2, 0) is 17.6 Å². The Morgan fingerprint density at radius 1 is 1.40 bits per heavy atom. The fourth-order valence-corrected chi connectivity index (χ4v) is 1.85. The van der Waals surface area contributed by atoms with Gasteiger partial charge in [0.15, 0.2) is 4.98 Å². The second-order valence-electron chi connectivity index (χ2n) is 3.50. The summed E-state index contributed by atoms with van der Waals surface area (Å²) in [5.74, 6) is -0.352. The molecule has 0 bridgehead atoms. The van der Waals surface area contributed by atoms with Gasteiger partial charge in [-0.05, 0) is 11.1 Å². The van der Waals surface area contributed by atoms with E-state index in [1.54, 1.807) is 0 Å². The Labute approximate surface area is 87.4 Å². The lowest BCUT2D eigenvalue weighted by Gasteiger charge is -2.08. The summed E-state index contributed by atoms with van der Waals surface area (Å²) in [7, 11) is 0. The molecule has 0 aromatic heterocycles. The van der Waals surface area contributed by atoms with E-state index in [0.29, 0.717) is 0 Å². The lowest BCUT2D eigenvalue weighted by Crippen LogP contribution is -2.12. The molecule has 0 unspecified atom stereocenters. The van der Waals surface area contributed by atoms with Gasteiger partial charge in [-0.3, -0.25) is 0 Å². The van der Waals surface area contributed by atoms with E-state index < -0.39 is 0 Å². The molecule has 0 amide bonds. The molecule has 1 aromatic carbocycles. The molecular weight excluding hydrogens is 192 g/mol. The average Bonchev–Trinajstić information content (AvgIpc) is 2.59. The van der Waals surface area contributed by atoms with Gasteiger partial charge in [0, 0.05) is 12.8 Å². The topological polar surface area (TPSA) is 57.6 Å². The van der Waals surface area contributed by atoms with Crippen LogP contribution in [-0.4, -0.2) is 11.2 Å². The first kappa shape index (κ1) is 9.53. The number of fused-ring (bicyclic) bond motifs is 1. The van der Waals surface area contributed by atoms with Crippen LogP contribution >= 0.6 is 0 Å². The third-order valence-corrected chi connectivity index (χ3v) is 2.47. The van der Waals surface area contributed by atoms with Gasteiger partial charge in [0.1, 0.15) is 6.10 Å². The molecule has 0 spiro atoms. The Kier molecular flexibility index (Phi) is 2.55. The Hall–Kier alpha value is -2.02. The Morgan fingerprint density at radius 2 is 2.00 bits per heavy atom. The molecular formula is C11H11N2O2+. The van der Waals surface area contributed by atoms with Crippen molar-refractivity contribution < 1.29 is 9.84 Å². The fraction of sp³-hybridized carbons (Fsp3) is 0.273. The van der Waals surface area contributed by atoms with Crippen LogP contribution < -0.4 is 0 Å². The van der Waals surface area contributed by atoms with Gasteiger partial charge in [-0.25, -0.2) is 0 Å². The predicted molar refractivity (Wildman–Crippen MR) is 54.5 cm³/mol. The van der Waals surface area contributed by atoms with E-state index in [-0.39, 0.29) is 12.0 Å². The summed E-state index contributed by atoms with van der Waals surface area (Å²) in [6.45, 7) is 0. The molecule has 0 saturated heterocycles. The standard InChI is InChI=1S/C11H10N2O2/c12-13-7-11(14)15-10-5-8-3-1-2-4-9(8)6-10/h1-4,7,10H,5-6H2/p+1/b11-7+. The minimum absolute atomic E-state index is 0.0691. The number of hydrogen-bond acceptors (Lipinski definition) is 3. The van der Waals surface area contributed by atoms with Crippen LogP contribution in [0, 0.1) is 5.39 Å². The molecule has 4 nitrogen and oxygen atoms in total. The molecule has 0 saturated carbocycles. The van der Waals surface area contributed by atoms with Gasteiger partial charge in [0.2, 0.25) is 5.39 Å². The Balaban J connectivity index is 2.02. The van der Waals surface area contributed by atoms with Crippen molar-refractivity contribution in [2.24, 2.45) is 0 Å². The molecule has 76 valence electrons. The summed E-state index contributed by atoms with van der Waals surface area (Å²) in [4.78, 5) is 2.69. The Morgan fingerprint density at radius 3 is 2.53 bits per heavy atom. The maximum absolute atomic E-state index is 9.17. The Bertz CT molecular complexity index is 409. The monoisotopic (exact) mass is 203 g/mol. The van der Waals surface area contributed by atoms with Crippen molar-refractivity contribution in [3.63, 3.8) is 0 Å². The number of benzene rings is 1. The third kappa shape index (κ3) is 2.08. The zero-order chi connectivity index (χ0) is 10.7. The van der Waals surface area contributed by atoms with Crippen LogP contribution in [0.25, 0.3) is 4.98 Å². The predicted octanol–water partition coefficient (Wildman–Crippen LogP) is 2.38. The van der Waals surface area contributed by atoms with Gasteiger partial charge in [0.05, 0.1) is 0 Å². The average molecular weight is 203 g/mol. The molecule has 0 heterocycles. The third-order valence-electron chi connectivity index (χ3n) is 2.47. The highest BCUT2D eigenvalue weighted by atomic mass is 16.6. The van der Waals surface area contributed by atoms with Gasteiger partial charge < -0.3 is 9.84 Å². The van der Waals surface area contributed by atoms with Crippen molar-refractivity contribution in [1.82, 2.24) is 0 Å². The molecule has 0 fully saturated rings. The van der Waals surface area contributed by atoms with Crippen LogP contribution in [0.2, 0.25) is 0 Å². The lowest BCUT2D eigenvalue weighted by atomic mass is 10.1. The number of aliphatic hydroxyl groups excluding tert-OH is 1. The second-order valence-corrected chi connectivity index (χ2v) is 3.50. The molecule has 15 heavy (non-hydrogen) atoms. The van der Waals surface area contributed by atoms with Crippen molar-refractivity contribution >= 4 is 0 Å². The molecule has 1 aliphatic rings. The molecule has 0 radical (unpaired) electrons. The summed E-state index contributed by atoms with van der Waals surface area (Å²) in [5.41, 5.74) is 2.49. The first-order valence-corrected chi connectivity index (χ1v) is 4.76. The number of hydrogen-bond donors (Lipinski definition) is 1. The van der Waals surface area contributed by atoms with Crippen LogP contribution in [0.4, 0.5) is 0 Å². The number of diazo groups is 1. The van der Waals surface area contributed by atoms with E-state index in [9.17, 15) is 5.11 Å². The quantitative estimate of drug-likeness (QED) is 0.593. The SMILES string of the molecule is N#[N+]/C=C(\O)OC1Cc2ccccc2C1. The number of ether oxygens (including phenoxy) is 1. The van der Waals surface area contributed by atoms with E-state index in [2.05, 4.69) is 17.1 Å². The van der Waals surface area contributed by atoms with Gasteiger partial charge >= 0.3 is 12.1 Å². The van der Waals surface area contributed by atoms with Crippen molar-refractivity contribution in [3.05, 3.63) is 52.5 Å². The number of nitrogens with zero attached hydrogens (tertiary/aromatic N) is 2. The lowest BCUT2D eigenvalue weighted by molar-refractivity contribution is 0.0381. The summed E-state index contributed by atoms with van der Waals surface area (Å²) in [6, 6.07) is 8.08. The van der Waals surface area contributed by atoms with E-state index in [1.165, 1.54) is 11.1 Å². The van der Waals surface area contributed by atoms with Crippen molar-refractivity contribution in [2.45, 2.75) is 18.9 Å². The van der Waals surface area contributed by atoms with E-state index in [0.717, 1.165) is 19.0 Å². The van der Waals surface area contributed by atoms with Gasteiger partial charge in [-0.2, -0.15) is 0 Å². The first-order chi connectivity index (χ1) is 7.29. The summed E-state index contributed by atoms with van der Waals surface area (Å²) < 4.78 is 5.20. The zero-order valence-electron chi connectivity index (χ0n) is 8.13. The molecule has 1 N–H and O–H groups in total. The van der Waals surface area contributed by atoms with Gasteiger partial charge in [-0.1, -0.05) is 24.3 Å². The first-order valence-electron chi connectivity index (χ1n) is 4.76.